The van der Waals surface area contributed by atoms with Crippen molar-refractivity contribution in [1.29, 1.82) is 0 Å². The van der Waals surface area contributed by atoms with Crippen molar-refractivity contribution < 1.29 is 13.0 Å². The molecule has 0 fully saturated rings. The lowest BCUT2D eigenvalue weighted by Crippen LogP contribution is -1.96. The first-order valence-electron chi connectivity index (χ1n) is 5.96. The number of anilines is 1. The fraction of sp³-hybridized carbons (Fsp3) is 0. The van der Waals surface area contributed by atoms with Gasteiger partial charge in [0, 0.05) is 11.6 Å². The molecule has 0 aliphatic carbocycles. The molecule has 3 aromatic rings. The molecule has 21 heavy (non-hydrogen) atoms. The summed E-state index contributed by atoms with van der Waals surface area (Å²) in [5, 5.41) is 1.02. The lowest BCUT2D eigenvalue weighted by atomic mass is 10.2. The van der Waals surface area contributed by atoms with Crippen LogP contribution in [0.5, 0.6) is 0 Å². The van der Waals surface area contributed by atoms with E-state index in [-0.39, 0.29) is 4.90 Å². The molecule has 1 heterocycles. The van der Waals surface area contributed by atoms with E-state index < -0.39 is 10.1 Å². The highest BCUT2D eigenvalue weighted by atomic mass is 32.2. The van der Waals surface area contributed by atoms with Gasteiger partial charge in [0.05, 0.1) is 10.4 Å². The smallest absolute Gasteiger partial charge is 0.294 e. The summed E-state index contributed by atoms with van der Waals surface area (Å²) in [6, 6.07) is 15.2. The molecular weight excluding hydrogens is 290 g/mol. The topological polar surface area (TPSA) is 106 Å². The van der Waals surface area contributed by atoms with Crippen LogP contribution in [-0.4, -0.2) is 22.9 Å². The summed E-state index contributed by atoms with van der Waals surface area (Å²) in [6.45, 7) is 0. The van der Waals surface area contributed by atoms with Crippen molar-refractivity contribution in [3.05, 3.63) is 60.8 Å². The SMILES string of the molecule is Nc1ncc2ccccc2n1.O=S(=O)(O)c1ccccc1. The van der Waals surface area contributed by atoms with Crippen molar-refractivity contribution >= 4 is 27.0 Å². The predicted octanol–water partition coefficient (Wildman–Crippen LogP) is 2.15. The Bertz CT molecular complexity index is 836. The van der Waals surface area contributed by atoms with E-state index in [0.29, 0.717) is 5.95 Å². The lowest BCUT2D eigenvalue weighted by Gasteiger charge is -1.94. The van der Waals surface area contributed by atoms with Gasteiger partial charge in [0.15, 0.2) is 0 Å². The number of benzene rings is 2. The number of nitrogens with two attached hydrogens (primary N) is 1. The van der Waals surface area contributed by atoms with Crippen molar-refractivity contribution in [2.45, 2.75) is 4.90 Å². The summed E-state index contributed by atoms with van der Waals surface area (Å²) in [5.41, 5.74) is 6.29. The Hall–Kier alpha value is -2.51. The summed E-state index contributed by atoms with van der Waals surface area (Å²) in [5.74, 6) is 0.323. The molecule has 3 N–H and O–H groups in total. The van der Waals surface area contributed by atoms with Gasteiger partial charge in [0.2, 0.25) is 5.95 Å². The Kier molecular flexibility index (Phi) is 4.46. The Balaban J connectivity index is 0.000000155. The zero-order valence-electron chi connectivity index (χ0n) is 10.9. The molecule has 0 saturated carbocycles. The first kappa shape index (κ1) is 14.9. The molecule has 0 amide bonds. The summed E-state index contributed by atoms with van der Waals surface area (Å²) in [4.78, 5) is 7.84. The quantitative estimate of drug-likeness (QED) is 0.667. The van der Waals surface area contributed by atoms with Gasteiger partial charge >= 0.3 is 0 Å². The summed E-state index contributed by atoms with van der Waals surface area (Å²) in [7, 11) is -4.00. The van der Waals surface area contributed by atoms with Crippen molar-refractivity contribution in [2.75, 3.05) is 5.73 Å². The zero-order chi connectivity index (χ0) is 15.3. The van der Waals surface area contributed by atoms with E-state index in [9.17, 15) is 8.42 Å². The minimum Gasteiger partial charge on any atom is -0.368 e. The Morgan fingerprint density at radius 2 is 1.57 bits per heavy atom. The van der Waals surface area contributed by atoms with Gasteiger partial charge in [0.25, 0.3) is 10.1 Å². The third kappa shape index (κ3) is 4.23. The molecule has 0 aliphatic rings. The van der Waals surface area contributed by atoms with E-state index >= 15 is 0 Å². The van der Waals surface area contributed by atoms with E-state index in [1.165, 1.54) is 12.1 Å². The van der Waals surface area contributed by atoms with E-state index in [4.69, 9.17) is 10.3 Å². The minimum absolute atomic E-state index is 0.0741. The van der Waals surface area contributed by atoms with Crippen LogP contribution in [0.1, 0.15) is 0 Å². The molecule has 0 spiro atoms. The molecule has 3 rings (SSSR count). The Morgan fingerprint density at radius 3 is 2.19 bits per heavy atom. The third-order valence-corrected chi connectivity index (χ3v) is 3.42. The van der Waals surface area contributed by atoms with Crippen LogP contribution >= 0.6 is 0 Å². The number of hydrogen-bond acceptors (Lipinski definition) is 5. The maximum atomic E-state index is 10.4. The molecule has 0 unspecified atom stereocenters. The molecular formula is C14H13N3O3S. The van der Waals surface area contributed by atoms with Crippen LogP contribution in [-0.2, 0) is 10.1 Å². The van der Waals surface area contributed by atoms with Gasteiger partial charge in [-0.25, -0.2) is 9.97 Å². The zero-order valence-corrected chi connectivity index (χ0v) is 11.7. The van der Waals surface area contributed by atoms with Crippen LogP contribution in [0.2, 0.25) is 0 Å². The summed E-state index contributed by atoms with van der Waals surface area (Å²) in [6.07, 6.45) is 1.72. The number of nitrogen functional groups attached to an aromatic ring is 1. The Morgan fingerprint density at radius 1 is 0.952 bits per heavy atom. The number of aromatic nitrogens is 2. The maximum Gasteiger partial charge on any atom is 0.294 e. The molecule has 2 aromatic carbocycles. The standard InChI is InChI=1S/C8H7N3.C6H6O3S/c9-8-10-5-6-3-1-2-4-7(6)11-8;7-10(8,9)6-4-2-1-3-5-6/h1-5H,(H2,9,10,11);1-5H,(H,7,8,9). The monoisotopic (exact) mass is 303 g/mol. The molecule has 0 radical (unpaired) electrons. The highest BCUT2D eigenvalue weighted by Crippen LogP contribution is 2.09. The predicted molar refractivity (Wildman–Crippen MR) is 80.2 cm³/mol. The van der Waals surface area contributed by atoms with Crippen LogP contribution in [0.4, 0.5) is 5.95 Å². The average molecular weight is 303 g/mol. The third-order valence-electron chi connectivity index (χ3n) is 2.55. The van der Waals surface area contributed by atoms with Crippen LogP contribution in [0.15, 0.2) is 65.7 Å². The summed E-state index contributed by atoms with van der Waals surface area (Å²) < 4.78 is 29.2. The molecule has 0 saturated heterocycles. The Labute approximate surface area is 122 Å². The molecule has 6 nitrogen and oxygen atoms in total. The van der Waals surface area contributed by atoms with Gasteiger partial charge in [-0.05, 0) is 18.2 Å². The maximum absolute atomic E-state index is 10.4. The second-order valence-electron chi connectivity index (χ2n) is 4.08. The van der Waals surface area contributed by atoms with E-state index in [1.54, 1.807) is 24.4 Å². The minimum atomic E-state index is -4.00. The second kappa shape index (κ2) is 6.29. The van der Waals surface area contributed by atoms with Gasteiger partial charge < -0.3 is 5.73 Å². The van der Waals surface area contributed by atoms with Gasteiger partial charge in [-0.2, -0.15) is 8.42 Å². The first-order chi connectivity index (χ1) is 9.97. The first-order valence-corrected chi connectivity index (χ1v) is 7.40. The average Bonchev–Trinajstić information content (AvgIpc) is 2.48. The van der Waals surface area contributed by atoms with Gasteiger partial charge in [-0.15, -0.1) is 0 Å². The number of fused-ring (bicyclic) bond motifs is 1. The van der Waals surface area contributed by atoms with Crippen LogP contribution in [0.25, 0.3) is 10.9 Å². The fourth-order valence-corrected chi connectivity index (χ4v) is 2.08. The van der Waals surface area contributed by atoms with Crippen LogP contribution < -0.4 is 5.73 Å². The highest BCUT2D eigenvalue weighted by Gasteiger charge is 2.05. The van der Waals surface area contributed by atoms with Gasteiger partial charge in [-0.1, -0.05) is 36.4 Å². The normalized spacial score (nSPS) is 10.7. The number of nitrogens with zero attached hydrogens (tertiary/aromatic N) is 2. The highest BCUT2D eigenvalue weighted by molar-refractivity contribution is 7.85. The lowest BCUT2D eigenvalue weighted by molar-refractivity contribution is 0.483. The van der Waals surface area contributed by atoms with Crippen molar-refractivity contribution in [3.8, 4) is 0 Å². The fourth-order valence-electron chi connectivity index (χ4n) is 1.58. The number of para-hydroxylation sites is 1. The van der Waals surface area contributed by atoms with E-state index in [1.807, 2.05) is 24.3 Å². The second-order valence-corrected chi connectivity index (χ2v) is 5.50. The number of rotatable bonds is 1. The molecule has 108 valence electrons. The van der Waals surface area contributed by atoms with Crippen molar-refractivity contribution in [2.24, 2.45) is 0 Å². The largest absolute Gasteiger partial charge is 0.368 e. The van der Waals surface area contributed by atoms with Gasteiger partial charge in [-0.3, -0.25) is 4.55 Å². The van der Waals surface area contributed by atoms with Gasteiger partial charge in [0.1, 0.15) is 0 Å². The molecule has 1 aromatic heterocycles. The van der Waals surface area contributed by atoms with Crippen molar-refractivity contribution in [3.63, 3.8) is 0 Å². The van der Waals surface area contributed by atoms with Crippen LogP contribution in [0.3, 0.4) is 0 Å². The number of hydrogen-bond donors (Lipinski definition) is 2. The molecule has 0 atom stereocenters. The van der Waals surface area contributed by atoms with Crippen molar-refractivity contribution in [1.82, 2.24) is 9.97 Å². The van der Waals surface area contributed by atoms with E-state index in [2.05, 4.69) is 9.97 Å². The molecule has 0 bridgehead atoms. The van der Waals surface area contributed by atoms with E-state index in [0.717, 1.165) is 10.9 Å². The molecule has 7 heteroatoms. The molecule has 0 aliphatic heterocycles. The summed E-state index contributed by atoms with van der Waals surface area (Å²) >= 11 is 0. The van der Waals surface area contributed by atoms with Crippen LogP contribution in [0, 0.1) is 0 Å².